The van der Waals surface area contributed by atoms with Crippen LogP contribution in [0.15, 0.2) is 0 Å². The fraction of sp³-hybridized carbons (Fsp3) is 0.636. The molecule has 0 aliphatic rings. The first-order valence-electron chi connectivity index (χ1n) is 5.79. The molecule has 0 radical (unpaired) electrons. The smallest absolute Gasteiger partial charge is 0.303 e. The lowest BCUT2D eigenvalue weighted by Gasteiger charge is -2.14. The molecule has 19 heavy (non-hydrogen) atoms. The molecule has 0 aliphatic carbocycles. The zero-order chi connectivity index (χ0) is 14.8. The van der Waals surface area contributed by atoms with E-state index in [9.17, 15) is 19.2 Å². The van der Waals surface area contributed by atoms with Crippen molar-refractivity contribution in [1.82, 2.24) is 16.0 Å². The van der Waals surface area contributed by atoms with Crippen molar-refractivity contribution in [2.24, 2.45) is 0 Å². The van der Waals surface area contributed by atoms with Crippen LogP contribution in [0.5, 0.6) is 0 Å². The van der Waals surface area contributed by atoms with Crippen LogP contribution in [0.2, 0.25) is 0 Å². The number of carboxylic acids is 1. The zero-order valence-corrected chi connectivity index (χ0v) is 11.0. The largest absolute Gasteiger partial charge is 0.481 e. The Kier molecular flexibility index (Phi) is 8.10. The summed E-state index contributed by atoms with van der Waals surface area (Å²) in [6.45, 7) is 1.00. The normalized spacial score (nSPS) is 11.5. The second kappa shape index (κ2) is 9.03. The van der Waals surface area contributed by atoms with Gasteiger partial charge < -0.3 is 21.1 Å². The van der Waals surface area contributed by atoms with Gasteiger partial charge in [0.1, 0.15) is 5.78 Å². The molecule has 0 aliphatic heterocycles. The molecule has 4 N–H and O–H groups in total. The van der Waals surface area contributed by atoms with E-state index < -0.39 is 23.8 Å². The standard InChI is InChI=1S/C11H19N3O5/c1-7(15)5-13-9(16)6-14-11(19)8(12-2)3-4-10(17)18/h8,12H,3-6H2,1-2H3,(H,13,16)(H,14,19)(H,17,18)/t8-/m0/s1. The minimum absolute atomic E-state index is 0.0802. The highest BCUT2D eigenvalue weighted by atomic mass is 16.4. The molecule has 0 aromatic carbocycles. The van der Waals surface area contributed by atoms with Crippen LogP contribution in [0.3, 0.4) is 0 Å². The summed E-state index contributed by atoms with van der Waals surface area (Å²) in [6, 6.07) is -0.670. The minimum Gasteiger partial charge on any atom is -0.481 e. The Hall–Kier alpha value is -1.96. The van der Waals surface area contributed by atoms with Gasteiger partial charge in [-0.2, -0.15) is 0 Å². The van der Waals surface area contributed by atoms with Crippen LogP contribution in [0, 0.1) is 0 Å². The minimum atomic E-state index is -0.993. The number of likely N-dealkylation sites (N-methyl/N-ethyl adjacent to an activating group) is 1. The third-order valence-electron chi connectivity index (χ3n) is 2.27. The van der Waals surface area contributed by atoms with E-state index in [1.165, 1.54) is 14.0 Å². The van der Waals surface area contributed by atoms with Crippen molar-refractivity contribution in [3.8, 4) is 0 Å². The lowest BCUT2D eigenvalue weighted by Crippen LogP contribution is -2.46. The average molecular weight is 273 g/mol. The molecule has 0 aromatic heterocycles. The summed E-state index contributed by atoms with van der Waals surface area (Å²) in [6.07, 6.45) is -0.0117. The van der Waals surface area contributed by atoms with E-state index in [0.29, 0.717) is 0 Å². The maximum Gasteiger partial charge on any atom is 0.303 e. The van der Waals surface area contributed by atoms with Gasteiger partial charge in [-0.3, -0.25) is 19.2 Å². The van der Waals surface area contributed by atoms with Gasteiger partial charge in [-0.15, -0.1) is 0 Å². The SMILES string of the molecule is CN[C@@H](CCC(=O)O)C(=O)NCC(=O)NCC(C)=O. The second-order valence-electron chi connectivity index (χ2n) is 3.97. The molecule has 2 amide bonds. The molecular formula is C11H19N3O5. The number of aliphatic carboxylic acids is 1. The Morgan fingerprint density at radius 2 is 1.74 bits per heavy atom. The monoisotopic (exact) mass is 273 g/mol. The predicted molar refractivity (Wildman–Crippen MR) is 66.4 cm³/mol. The maximum absolute atomic E-state index is 11.6. The summed E-state index contributed by atoms with van der Waals surface area (Å²) in [5.74, 6) is -2.11. The lowest BCUT2D eigenvalue weighted by atomic mass is 10.1. The summed E-state index contributed by atoms with van der Waals surface area (Å²) >= 11 is 0. The van der Waals surface area contributed by atoms with Gasteiger partial charge in [0, 0.05) is 6.42 Å². The summed E-state index contributed by atoms with van der Waals surface area (Å²) in [5, 5.41) is 15.9. The highest BCUT2D eigenvalue weighted by molar-refractivity contribution is 5.89. The summed E-state index contributed by atoms with van der Waals surface area (Å²) in [5.41, 5.74) is 0. The van der Waals surface area contributed by atoms with Gasteiger partial charge >= 0.3 is 5.97 Å². The highest BCUT2D eigenvalue weighted by Crippen LogP contribution is 1.96. The molecule has 0 aromatic rings. The molecule has 0 fully saturated rings. The van der Waals surface area contributed by atoms with Crippen molar-refractivity contribution in [3.05, 3.63) is 0 Å². The number of Topliss-reactive ketones (excluding diaryl/α,β-unsaturated/α-hetero) is 1. The molecule has 0 saturated heterocycles. The Balaban J connectivity index is 4.02. The molecule has 0 unspecified atom stereocenters. The predicted octanol–water partition coefficient (Wildman–Crippen LogP) is -1.74. The third-order valence-corrected chi connectivity index (χ3v) is 2.27. The summed E-state index contributed by atoms with van der Waals surface area (Å²) in [4.78, 5) is 43.9. The van der Waals surface area contributed by atoms with Crippen LogP contribution in [0.1, 0.15) is 19.8 Å². The van der Waals surface area contributed by atoms with Crippen molar-refractivity contribution in [3.63, 3.8) is 0 Å². The topological polar surface area (TPSA) is 125 Å². The fourth-order valence-electron chi connectivity index (χ4n) is 1.25. The molecule has 8 nitrogen and oxygen atoms in total. The van der Waals surface area contributed by atoms with E-state index in [-0.39, 0.29) is 31.7 Å². The molecule has 0 bridgehead atoms. The molecular weight excluding hydrogens is 254 g/mol. The number of amides is 2. The van der Waals surface area contributed by atoms with Crippen LogP contribution in [-0.2, 0) is 19.2 Å². The number of carbonyl (C=O) groups excluding carboxylic acids is 3. The van der Waals surface area contributed by atoms with E-state index in [2.05, 4.69) is 16.0 Å². The second-order valence-corrected chi connectivity index (χ2v) is 3.97. The Bertz CT molecular complexity index is 356. The molecule has 1 atom stereocenters. The summed E-state index contributed by atoms with van der Waals surface area (Å²) in [7, 11) is 1.53. The van der Waals surface area contributed by atoms with Crippen molar-refractivity contribution in [2.45, 2.75) is 25.8 Å². The first kappa shape index (κ1) is 17.0. The number of nitrogens with one attached hydrogen (secondary N) is 3. The number of rotatable bonds is 9. The summed E-state index contributed by atoms with van der Waals surface area (Å²) < 4.78 is 0. The third kappa shape index (κ3) is 8.72. The van der Waals surface area contributed by atoms with Crippen LogP contribution in [-0.4, -0.2) is 54.9 Å². The van der Waals surface area contributed by atoms with Gasteiger partial charge in [0.15, 0.2) is 0 Å². The Morgan fingerprint density at radius 3 is 2.21 bits per heavy atom. The quantitative estimate of drug-likeness (QED) is 0.395. The van der Waals surface area contributed by atoms with Gasteiger partial charge in [0.05, 0.1) is 19.1 Å². The van der Waals surface area contributed by atoms with Crippen LogP contribution in [0.25, 0.3) is 0 Å². The van der Waals surface area contributed by atoms with Crippen LogP contribution >= 0.6 is 0 Å². The van der Waals surface area contributed by atoms with E-state index >= 15 is 0 Å². The first-order valence-corrected chi connectivity index (χ1v) is 5.79. The molecule has 0 saturated carbocycles. The fourth-order valence-corrected chi connectivity index (χ4v) is 1.25. The number of carbonyl (C=O) groups is 4. The number of hydrogen-bond donors (Lipinski definition) is 4. The van der Waals surface area contributed by atoms with E-state index in [1.54, 1.807) is 0 Å². The lowest BCUT2D eigenvalue weighted by molar-refractivity contribution is -0.137. The van der Waals surface area contributed by atoms with Crippen LogP contribution in [0.4, 0.5) is 0 Å². The van der Waals surface area contributed by atoms with E-state index in [4.69, 9.17) is 5.11 Å². The first-order chi connectivity index (χ1) is 8.86. The van der Waals surface area contributed by atoms with Crippen molar-refractivity contribution in [1.29, 1.82) is 0 Å². The van der Waals surface area contributed by atoms with Crippen molar-refractivity contribution in [2.75, 3.05) is 20.1 Å². The maximum atomic E-state index is 11.6. The molecule has 0 rings (SSSR count). The van der Waals surface area contributed by atoms with E-state index in [1.807, 2.05) is 0 Å². The zero-order valence-electron chi connectivity index (χ0n) is 11.0. The highest BCUT2D eigenvalue weighted by Gasteiger charge is 2.17. The number of ketones is 1. The number of hydrogen-bond acceptors (Lipinski definition) is 5. The Labute approximate surface area is 110 Å². The number of carboxylic acid groups (broad SMARTS) is 1. The molecule has 0 spiro atoms. The molecule has 108 valence electrons. The Morgan fingerprint density at radius 1 is 1.11 bits per heavy atom. The van der Waals surface area contributed by atoms with E-state index in [0.717, 1.165) is 0 Å². The van der Waals surface area contributed by atoms with Crippen molar-refractivity contribution < 1.29 is 24.3 Å². The molecule has 8 heteroatoms. The van der Waals surface area contributed by atoms with Gasteiger partial charge in [0.2, 0.25) is 11.8 Å². The van der Waals surface area contributed by atoms with Gasteiger partial charge in [-0.25, -0.2) is 0 Å². The van der Waals surface area contributed by atoms with Crippen LogP contribution < -0.4 is 16.0 Å². The van der Waals surface area contributed by atoms with Crippen molar-refractivity contribution >= 4 is 23.6 Å². The van der Waals surface area contributed by atoms with Gasteiger partial charge in [0.25, 0.3) is 0 Å². The van der Waals surface area contributed by atoms with Gasteiger partial charge in [-0.1, -0.05) is 0 Å². The average Bonchev–Trinajstić information content (AvgIpc) is 2.34. The molecule has 0 heterocycles. The van der Waals surface area contributed by atoms with Gasteiger partial charge in [-0.05, 0) is 20.4 Å².